The van der Waals surface area contributed by atoms with E-state index in [0.717, 1.165) is 5.69 Å². The van der Waals surface area contributed by atoms with Gasteiger partial charge < -0.3 is 5.32 Å². The number of aromatic nitrogens is 2. The normalized spacial score (nSPS) is 11.1. The Morgan fingerprint density at radius 3 is 2.64 bits per heavy atom. The number of halogens is 1. The van der Waals surface area contributed by atoms with Crippen molar-refractivity contribution < 1.29 is 9.18 Å². The van der Waals surface area contributed by atoms with E-state index in [-0.39, 0.29) is 11.3 Å². The lowest BCUT2D eigenvalue weighted by Crippen LogP contribution is -2.14. The predicted molar refractivity (Wildman–Crippen MR) is 81.3 cm³/mol. The number of aryl methyl sites for hydroxylation is 2. The van der Waals surface area contributed by atoms with E-state index in [0.29, 0.717) is 11.3 Å². The van der Waals surface area contributed by atoms with Gasteiger partial charge in [-0.15, -0.1) is 0 Å². The first kappa shape index (κ1) is 15.4. The molecule has 0 atom stereocenters. The average molecular weight is 298 g/mol. The number of nitrogens with one attached hydrogen (secondary N) is 1. The second-order valence-corrected chi connectivity index (χ2v) is 4.81. The van der Waals surface area contributed by atoms with Crippen LogP contribution in [-0.4, -0.2) is 15.7 Å². The first-order chi connectivity index (χ1) is 10.4. The smallest absolute Gasteiger partial charge is 0.266 e. The Morgan fingerprint density at radius 1 is 1.41 bits per heavy atom. The van der Waals surface area contributed by atoms with Crippen molar-refractivity contribution in [2.45, 2.75) is 13.8 Å². The van der Waals surface area contributed by atoms with Gasteiger partial charge in [-0.05, 0) is 32.1 Å². The van der Waals surface area contributed by atoms with Crippen LogP contribution in [0.2, 0.25) is 0 Å². The second-order valence-electron chi connectivity index (χ2n) is 4.81. The highest BCUT2D eigenvalue weighted by Crippen LogP contribution is 2.18. The van der Waals surface area contributed by atoms with E-state index < -0.39 is 11.7 Å². The summed E-state index contributed by atoms with van der Waals surface area (Å²) in [5.41, 5.74) is 2.19. The maximum atomic E-state index is 13.5. The Labute approximate surface area is 127 Å². The molecule has 1 N–H and O–H groups in total. The summed E-state index contributed by atoms with van der Waals surface area (Å²) in [6.07, 6.45) is 1.47. The molecule has 0 saturated carbocycles. The third kappa shape index (κ3) is 3.04. The van der Waals surface area contributed by atoms with Gasteiger partial charge in [0.25, 0.3) is 5.91 Å². The maximum absolute atomic E-state index is 13.5. The monoisotopic (exact) mass is 298 g/mol. The molecule has 22 heavy (non-hydrogen) atoms. The van der Waals surface area contributed by atoms with Crippen LogP contribution < -0.4 is 5.32 Å². The summed E-state index contributed by atoms with van der Waals surface area (Å²) in [4.78, 5) is 12.1. The molecule has 2 rings (SSSR count). The molecule has 0 fully saturated rings. The van der Waals surface area contributed by atoms with Crippen LogP contribution in [0.1, 0.15) is 17.0 Å². The van der Waals surface area contributed by atoms with Crippen LogP contribution in [0.25, 0.3) is 6.08 Å². The van der Waals surface area contributed by atoms with Gasteiger partial charge in [0.05, 0.1) is 11.4 Å². The summed E-state index contributed by atoms with van der Waals surface area (Å²) in [6, 6.07) is 7.64. The molecule has 0 spiro atoms. The van der Waals surface area contributed by atoms with E-state index in [9.17, 15) is 14.4 Å². The van der Waals surface area contributed by atoms with Crippen LogP contribution >= 0.6 is 0 Å². The van der Waals surface area contributed by atoms with E-state index in [4.69, 9.17) is 0 Å². The lowest BCUT2D eigenvalue weighted by Gasteiger charge is -2.05. The summed E-state index contributed by atoms with van der Waals surface area (Å²) in [5.74, 6) is -1.21. The maximum Gasteiger partial charge on any atom is 0.266 e. The fourth-order valence-electron chi connectivity index (χ4n) is 2.04. The van der Waals surface area contributed by atoms with E-state index in [1.807, 2.05) is 13.0 Å². The molecule has 1 amide bonds. The van der Waals surface area contributed by atoms with Crippen molar-refractivity contribution >= 4 is 17.7 Å². The number of nitriles is 1. The summed E-state index contributed by atoms with van der Waals surface area (Å²) in [6.45, 7) is 3.64. The van der Waals surface area contributed by atoms with Gasteiger partial charge in [0.1, 0.15) is 17.5 Å². The van der Waals surface area contributed by atoms with Crippen molar-refractivity contribution in [1.82, 2.24) is 9.78 Å². The molecule has 1 aromatic carbocycles. The topological polar surface area (TPSA) is 70.7 Å². The minimum Gasteiger partial charge on any atom is -0.319 e. The molecule has 0 aliphatic heterocycles. The fourth-order valence-corrected chi connectivity index (χ4v) is 2.04. The second kappa shape index (κ2) is 6.22. The number of para-hydroxylation sites is 1. The number of nitrogens with zero attached hydrogens (tertiary/aromatic N) is 3. The molecule has 0 saturated heterocycles. The molecular weight excluding hydrogens is 283 g/mol. The third-order valence-electron chi connectivity index (χ3n) is 3.34. The van der Waals surface area contributed by atoms with Gasteiger partial charge in [0, 0.05) is 18.3 Å². The molecule has 112 valence electrons. The summed E-state index contributed by atoms with van der Waals surface area (Å²) in [7, 11) is 1.78. The highest BCUT2D eigenvalue weighted by molar-refractivity contribution is 6.09. The Kier molecular flexibility index (Phi) is 4.37. The molecule has 2 aromatic rings. The molecule has 0 aliphatic carbocycles. The van der Waals surface area contributed by atoms with E-state index in [1.165, 1.54) is 24.3 Å². The Morgan fingerprint density at radius 2 is 2.09 bits per heavy atom. The zero-order chi connectivity index (χ0) is 16.3. The van der Waals surface area contributed by atoms with Gasteiger partial charge in [-0.25, -0.2) is 4.39 Å². The van der Waals surface area contributed by atoms with Crippen LogP contribution in [0.4, 0.5) is 10.1 Å². The number of rotatable bonds is 3. The molecule has 0 radical (unpaired) electrons. The van der Waals surface area contributed by atoms with Gasteiger partial charge in [-0.2, -0.15) is 10.4 Å². The van der Waals surface area contributed by atoms with Crippen molar-refractivity contribution in [2.75, 3.05) is 5.32 Å². The molecule has 1 aromatic heterocycles. The number of carbonyl (C=O) groups is 1. The number of hydrogen-bond donors (Lipinski definition) is 1. The van der Waals surface area contributed by atoms with Gasteiger partial charge in [-0.1, -0.05) is 12.1 Å². The summed E-state index contributed by atoms with van der Waals surface area (Å²) < 4.78 is 15.2. The SMILES string of the molecule is Cc1nn(C)c(C)c1/C=C(\C#N)C(=O)Nc1ccccc1F. The van der Waals surface area contributed by atoms with Gasteiger partial charge in [-0.3, -0.25) is 9.48 Å². The fraction of sp³-hybridized carbons (Fsp3) is 0.188. The lowest BCUT2D eigenvalue weighted by atomic mass is 10.1. The van der Waals surface area contributed by atoms with Crippen molar-refractivity contribution in [3.05, 3.63) is 52.6 Å². The van der Waals surface area contributed by atoms with E-state index in [1.54, 1.807) is 24.7 Å². The van der Waals surface area contributed by atoms with Crippen molar-refractivity contribution in [3.63, 3.8) is 0 Å². The van der Waals surface area contributed by atoms with Crippen LogP contribution in [0.3, 0.4) is 0 Å². The zero-order valence-corrected chi connectivity index (χ0v) is 12.5. The number of hydrogen-bond acceptors (Lipinski definition) is 3. The molecular formula is C16H15FN4O. The number of amides is 1. The molecule has 0 bridgehead atoms. The quantitative estimate of drug-likeness (QED) is 0.699. The largest absolute Gasteiger partial charge is 0.319 e. The number of anilines is 1. The Balaban J connectivity index is 2.32. The van der Waals surface area contributed by atoms with Gasteiger partial charge >= 0.3 is 0 Å². The summed E-state index contributed by atoms with van der Waals surface area (Å²) >= 11 is 0. The van der Waals surface area contributed by atoms with Crippen molar-refractivity contribution in [2.24, 2.45) is 7.05 Å². The molecule has 1 heterocycles. The highest BCUT2D eigenvalue weighted by atomic mass is 19.1. The Hall–Kier alpha value is -2.94. The highest BCUT2D eigenvalue weighted by Gasteiger charge is 2.14. The predicted octanol–water partition coefficient (Wildman–Crippen LogP) is 2.72. The average Bonchev–Trinajstić information content (AvgIpc) is 2.72. The van der Waals surface area contributed by atoms with Crippen LogP contribution in [0.15, 0.2) is 29.8 Å². The minimum atomic E-state index is -0.657. The first-order valence-corrected chi connectivity index (χ1v) is 6.62. The van der Waals surface area contributed by atoms with Crippen molar-refractivity contribution in [1.29, 1.82) is 5.26 Å². The van der Waals surface area contributed by atoms with Gasteiger partial charge in [0.15, 0.2) is 0 Å². The Bertz CT molecular complexity index is 799. The molecule has 0 unspecified atom stereocenters. The lowest BCUT2D eigenvalue weighted by molar-refractivity contribution is -0.112. The molecule has 5 nitrogen and oxygen atoms in total. The number of benzene rings is 1. The number of carbonyl (C=O) groups excluding carboxylic acids is 1. The first-order valence-electron chi connectivity index (χ1n) is 6.62. The zero-order valence-electron chi connectivity index (χ0n) is 12.5. The minimum absolute atomic E-state index is 0.0354. The van der Waals surface area contributed by atoms with Crippen LogP contribution in [-0.2, 0) is 11.8 Å². The molecule has 0 aliphatic rings. The van der Waals surface area contributed by atoms with E-state index in [2.05, 4.69) is 10.4 Å². The van der Waals surface area contributed by atoms with E-state index >= 15 is 0 Å². The standard InChI is InChI=1S/C16H15FN4O/c1-10-13(11(2)21(3)20-10)8-12(9-18)16(22)19-15-7-5-4-6-14(15)17/h4-8H,1-3H3,(H,19,22)/b12-8+. The van der Waals surface area contributed by atoms with Crippen LogP contribution in [0.5, 0.6) is 0 Å². The molecule has 6 heteroatoms. The summed E-state index contributed by atoms with van der Waals surface area (Å²) in [5, 5.41) is 15.8. The third-order valence-corrected chi connectivity index (χ3v) is 3.34. The van der Waals surface area contributed by atoms with Gasteiger partial charge in [0.2, 0.25) is 0 Å². The van der Waals surface area contributed by atoms with Crippen LogP contribution in [0, 0.1) is 31.0 Å². The van der Waals surface area contributed by atoms with Crippen molar-refractivity contribution in [3.8, 4) is 6.07 Å².